The van der Waals surface area contributed by atoms with Gasteiger partial charge in [-0.05, 0) is 18.6 Å². The van der Waals surface area contributed by atoms with Gasteiger partial charge in [0.2, 0.25) is 0 Å². The van der Waals surface area contributed by atoms with E-state index in [1.807, 2.05) is 0 Å². The molecule has 0 aromatic heterocycles. The molecule has 0 aliphatic carbocycles. The molecule has 0 fully saturated rings. The van der Waals surface area contributed by atoms with Gasteiger partial charge in [-0.1, -0.05) is 25.5 Å². The van der Waals surface area contributed by atoms with Crippen molar-refractivity contribution in [2.45, 2.75) is 19.8 Å². The third-order valence-corrected chi connectivity index (χ3v) is 2.67. The van der Waals surface area contributed by atoms with E-state index in [2.05, 4.69) is 22.9 Å². The number of carbonyl (C=O) groups excluding carboxylic acids is 2. The Bertz CT molecular complexity index is 449. The van der Waals surface area contributed by atoms with Gasteiger partial charge in [0.25, 0.3) is 5.91 Å². The van der Waals surface area contributed by atoms with E-state index in [1.165, 1.54) is 0 Å². The fourth-order valence-corrected chi connectivity index (χ4v) is 1.62. The summed E-state index contributed by atoms with van der Waals surface area (Å²) >= 11 is 0. The Morgan fingerprint density at radius 1 is 1.15 bits per heavy atom. The van der Waals surface area contributed by atoms with E-state index in [4.69, 9.17) is 5.73 Å². The van der Waals surface area contributed by atoms with Crippen LogP contribution in [0, 0.1) is 0 Å². The Kier molecular flexibility index (Phi) is 7.13. The van der Waals surface area contributed by atoms with Gasteiger partial charge in [0.1, 0.15) is 0 Å². The van der Waals surface area contributed by atoms with Crippen molar-refractivity contribution in [3.05, 3.63) is 29.8 Å². The van der Waals surface area contributed by atoms with Crippen LogP contribution in [0.15, 0.2) is 24.3 Å². The van der Waals surface area contributed by atoms with E-state index in [-0.39, 0.29) is 11.9 Å². The molecule has 5 N–H and O–H groups in total. The van der Waals surface area contributed by atoms with Crippen molar-refractivity contribution in [1.29, 1.82) is 0 Å². The number of rotatable bonds is 7. The first-order valence-corrected chi connectivity index (χ1v) is 6.81. The Balaban J connectivity index is 2.65. The molecule has 1 aromatic rings. The number of nitrogens with one attached hydrogen (secondary N) is 3. The molecule has 110 valence electrons. The van der Waals surface area contributed by atoms with Crippen molar-refractivity contribution in [2.24, 2.45) is 5.73 Å². The summed E-state index contributed by atoms with van der Waals surface area (Å²) in [5.41, 5.74) is 6.25. The van der Waals surface area contributed by atoms with Gasteiger partial charge in [-0.3, -0.25) is 4.79 Å². The van der Waals surface area contributed by atoms with Gasteiger partial charge in [0, 0.05) is 19.6 Å². The second-order valence-electron chi connectivity index (χ2n) is 4.32. The van der Waals surface area contributed by atoms with Crippen LogP contribution < -0.4 is 21.7 Å². The van der Waals surface area contributed by atoms with Crippen LogP contribution in [-0.4, -0.2) is 31.6 Å². The molecule has 0 saturated heterocycles. The Labute approximate surface area is 119 Å². The zero-order valence-corrected chi connectivity index (χ0v) is 11.7. The summed E-state index contributed by atoms with van der Waals surface area (Å²) < 4.78 is 0. The molecule has 0 unspecified atom stereocenters. The molecule has 0 bridgehead atoms. The molecule has 0 heterocycles. The van der Waals surface area contributed by atoms with E-state index in [1.54, 1.807) is 24.3 Å². The highest BCUT2D eigenvalue weighted by Gasteiger charge is 2.11. The van der Waals surface area contributed by atoms with Gasteiger partial charge in [0.05, 0.1) is 11.3 Å². The molecule has 0 saturated carbocycles. The number of urea groups is 1. The van der Waals surface area contributed by atoms with E-state index >= 15 is 0 Å². The Morgan fingerprint density at radius 2 is 1.90 bits per heavy atom. The average molecular weight is 278 g/mol. The van der Waals surface area contributed by atoms with Crippen LogP contribution >= 0.6 is 0 Å². The van der Waals surface area contributed by atoms with Gasteiger partial charge in [-0.25, -0.2) is 4.79 Å². The number of unbranched alkanes of at least 4 members (excludes halogenated alkanes) is 1. The largest absolute Gasteiger partial charge is 0.351 e. The molecule has 20 heavy (non-hydrogen) atoms. The van der Waals surface area contributed by atoms with Crippen molar-refractivity contribution in [3.8, 4) is 0 Å². The first kappa shape index (κ1) is 16.0. The normalized spacial score (nSPS) is 9.90. The summed E-state index contributed by atoms with van der Waals surface area (Å²) in [5, 5.41) is 8.10. The summed E-state index contributed by atoms with van der Waals surface area (Å²) in [6, 6.07) is 6.56. The van der Waals surface area contributed by atoms with Gasteiger partial charge < -0.3 is 21.7 Å². The highest BCUT2D eigenvalue weighted by molar-refractivity contribution is 6.03. The molecule has 1 aromatic carbocycles. The molecule has 0 aliphatic rings. The first-order valence-electron chi connectivity index (χ1n) is 6.81. The van der Waals surface area contributed by atoms with Crippen molar-refractivity contribution in [1.82, 2.24) is 10.6 Å². The second-order valence-corrected chi connectivity index (χ2v) is 4.32. The van der Waals surface area contributed by atoms with Crippen molar-refractivity contribution >= 4 is 17.6 Å². The molecular formula is C14H22N4O2. The second kappa shape index (κ2) is 8.92. The zero-order valence-electron chi connectivity index (χ0n) is 11.7. The minimum absolute atomic E-state index is 0.250. The lowest BCUT2D eigenvalue weighted by Crippen LogP contribution is -2.32. The van der Waals surface area contributed by atoms with Gasteiger partial charge in [-0.2, -0.15) is 0 Å². The third kappa shape index (κ3) is 5.27. The highest BCUT2D eigenvalue weighted by Crippen LogP contribution is 2.14. The molecule has 0 aliphatic heterocycles. The molecule has 0 spiro atoms. The maximum atomic E-state index is 11.9. The minimum atomic E-state index is -0.308. The molecular weight excluding hydrogens is 256 g/mol. The Morgan fingerprint density at radius 3 is 2.60 bits per heavy atom. The monoisotopic (exact) mass is 278 g/mol. The number of carbonyl (C=O) groups is 2. The molecule has 6 heteroatoms. The van der Waals surface area contributed by atoms with Crippen molar-refractivity contribution in [3.63, 3.8) is 0 Å². The number of hydrogen-bond donors (Lipinski definition) is 4. The Hall–Kier alpha value is -2.08. The summed E-state index contributed by atoms with van der Waals surface area (Å²) in [6.07, 6.45) is 1.93. The SMILES string of the molecule is CCCCNC(=O)Nc1ccccc1C(=O)NCCN. The highest BCUT2D eigenvalue weighted by atomic mass is 16.2. The van der Waals surface area contributed by atoms with Gasteiger partial charge in [0.15, 0.2) is 0 Å². The first-order chi connectivity index (χ1) is 9.69. The van der Waals surface area contributed by atoms with Crippen LogP contribution in [0.3, 0.4) is 0 Å². The lowest BCUT2D eigenvalue weighted by Gasteiger charge is -2.11. The number of nitrogens with two attached hydrogens (primary N) is 1. The quantitative estimate of drug-likeness (QED) is 0.566. The van der Waals surface area contributed by atoms with Gasteiger partial charge in [-0.15, -0.1) is 0 Å². The van der Waals surface area contributed by atoms with Crippen LogP contribution in [0.4, 0.5) is 10.5 Å². The van der Waals surface area contributed by atoms with Crippen LogP contribution in [0.5, 0.6) is 0 Å². The molecule has 0 atom stereocenters. The van der Waals surface area contributed by atoms with Crippen LogP contribution in [0.1, 0.15) is 30.1 Å². The number of hydrogen-bond acceptors (Lipinski definition) is 3. The molecule has 0 radical (unpaired) electrons. The summed E-state index contributed by atoms with van der Waals surface area (Å²) in [6.45, 7) is 3.44. The maximum absolute atomic E-state index is 11.9. The summed E-state index contributed by atoms with van der Waals surface area (Å²) in [4.78, 5) is 23.6. The number of amides is 3. The standard InChI is InChI=1S/C14H22N4O2/c1-2-3-9-17-14(20)18-12-7-5-4-6-11(12)13(19)16-10-8-15/h4-7H,2-3,8-10,15H2,1H3,(H,16,19)(H2,17,18,20). The summed E-state index contributed by atoms with van der Waals surface area (Å²) in [7, 11) is 0. The average Bonchev–Trinajstić information content (AvgIpc) is 2.45. The third-order valence-electron chi connectivity index (χ3n) is 2.67. The summed E-state index contributed by atoms with van der Waals surface area (Å²) in [5.74, 6) is -0.250. The lowest BCUT2D eigenvalue weighted by molar-refractivity contribution is 0.0955. The van der Waals surface area contributed by atoms with Crippen LogP contribution in [0.2, 0.25) is 0 Å². The lowest BCUT2D eigenvalue weighted by atomic mass is 10.1. The fraction of sp³-hybridized carbons (Fsp3) is 0.429. The topological polar surface area (TPSA) is 96.2 Å². The van der Waals surface area contributed by atoms with Crippen molar-refractivity contribution in [2.75, 3.05) is 25.0 Å². The number of benzene rings is 1. The molecule has 6 nitrogen and oxygen atoms in total. The van der Waals surface area contributed by atoms with Crippen LogP contribution in [-0.2, 0) is 0 Å². The van der Waals surface area contributed by atoms with Gasteiger partial charge >= 0.3 is 6.03 Å². The predicted molar refractivity (Wildman–Crippen MR) is 79.8 cm³/mol. The molecule has 3 amide bonds. The zero-order chi connectivity index (χ0) is 14.8. The maximum Gasteiger partial charge on any atom is 0.319 e. The van der Waals surface area contributed by atoms with Crippen molar-refractivity contribution < 1.29 is 9.59 Å². The van der Waals surface area contributed by atoms with E-state index in [9.17, 15) is 9.59 Å². The van der Waals surface area contributed by atoms with E-state index in [0.717, 1.165) is 12.8 Å². The fourth-order valence-electron chi connectivity index (χ4n) is 1.62. The van der Waals surface area contributed by atoms with E-state index in [0.29, 0.717) is 30.9 Å². The number of para-hydroxylation sites is 1. The smallest absolute Gasteiger partial charge is 0.319 e. The molecule has 1 rings (SSSR count). The minimum Gasteiger partial charge on any atom is -0.351 e. The predicted octanol–water partition coefficient (Wildman–Crippen LogP) is 1.30. The number of anilines is 1. The van der Waals surface area contributed by atoms with E-state index < -0.39 is 0 Å². The van der Waals surface area contributed by atoms with Crippen LogP contribution in [0.25, 0.3) is 0 Å².